The molecule has 0 atom stereocenters. The molecule has 2 aromatic rings. The number of carbonyl (C=O) groups is 2. The molecular formula is C20H20N2O2. The topological polar surface area (TPSA) is 49.4 Å². The van der Waals surface area contributed by atoms with E-state index in [0.717, 1.165) is 16.8 Å². The Bertz CT molecular complexity index is 831. The Hall–Kier alpha value is -2.62. The summed E-state index contributed by atoms with van der Waals surface area (Å²) >= 11 is 0. The van der Waals surface area contributed by atoms with Gasteiger partial charge in [0.15, 0.2) is 0 Å². The highest BCUT2D eigenvalue weighted by Gasteiger charge is 2.50. The lowest BCUT2D eigenvalue weighted by Crippen LogP contribution is -2.60. The Morgan fingerprint density at radius 2 is 1.58 bits per heavy atom. The summed E-state index contributed by atoms with van der Waals surface area (Å²) in [7, 11) is 0. The van der Waals surface area contributed by atoms with Crippen molar-refractivity contribution >= 4 is 17.5 Å². The summed E-state index contributed by atoms with van der Waals surface area (Å²) in [4.78, 5) is 25.6. The van der Waals surface area contributed by atoms with E-state index in [4.69, 9.17) is 0 Å². The van der Waals surface area contributed by atoms with Crippen LogP contribution >= 0.6 is 0 Å². The fourth-order valence-electron chi connectivity index (χ4n) is 3.85. The summed E-state index contributed by atoms with van der Waals surface area (Å²) < 4.78 is 0. The van der Waals surface area contributed by atoms with Crippen molar-refractivity contribution in [1.82, 2.24) is 5.43 Å². The van der Waals surface area contributed by atoms with Crippen LogP contribution in [-0.2, 0) is 22.4 Å². The van der Waals surface area contributed by atoms with Gasteiger partial charge in [-0.15, -0.1) is 0 Å². The van der Waals surface area contributed by atoms with Crippen molar-refractivity contribution in [3.05, 3.63) is 64.7 Å². The number of benzene rings is 2. The summed E-state index contributed by atoms with van der Waals surface area (Å²) in [5.41, 5.74) is 7.46. The lowest BCUT2D eigenvalue weighted by molar-refractivity contribution is -0.140. The van der Waals surface area contributed by atoms with Crippen LogP contribution in [0.15, 0.2) is 42.5 Å². The molecule has 1 aliphatic carbocycles. The number of amides is 2. The first-order valence-electron chi connectivity index (χ1n) is 8.27. The first-order chi connectivity index (χ1) is 11.5. The van der Waals surface area contributed by atoms with Crippen molar-refractivity contribution in [2.45, 2.75) is 33.1 Å². The van der Waals surface area contributed by atoms with Crippen molar-refractivity contribution in [2.24, 2.45) is 5.41 Å². The third kappa shape index (κ3) is 2.21. The van der Waals surface area contributed by atoms with Gasteiger partial charge < -0.3 is 0 Å². The van der Waals surface area contributed by atoms with Gasteiger partial charge in [-0.05, 0) is 61.1 Å². The average molecular weight is 320 g/mol. The van der Waals surface area contributed by atoms with Crippen LogP contribution in [0.2, 0.25) is 0 Å². The van der Waals surface area contributed by atoms with Crippen LogP contribution in [0.1, 0.15) is 28.7 Å². The molecule has 0 aromatic heterocycles. The van der Waals surface area contributed by atoms with E-state index in [-0.39, 0.29) is 18.2 Å². The Labute approximate surface area is 141 Å². The zero-order valence-corrected chi connectivity index (χ0v) is 13.9. The lowest BCUT2D eigenvalue weighted by Gasteiger charge is -2.39. The summed E-state index contributed by atoms with van der Waals surface area (Å²) in [6, 6.07) is 13.9. The van der Waals surface area contributed by atoms with Crippen LogP contribution in [0.5, 0.6) is 0 Å². The minimum absolute atomic E-state index is 0.0125. The van der Waals surface area contributed by atoms with Crippen molar-refractivity contribution in [3.8, 4) is 0 Å². The van der Waals surface area contributed by atoms with Gasteiger partial charge in [-0.2, -0.15) is 0 Å². The molecule has 0 saturated carbocycles. The number of nitrogens with one attached hydrogen (secondary N) is 1. The molecule has 122 valence electrons. The molecule has 1 spiro atoms. The molecule has 0 bridgehead atoms. The maximum Gasteiger partial charge on any atom is 0.253 e. The van der Waals surface area contributed by atoms with Gasteiger partial charge in [-0.3, -0.25) is 15.0 Å². The third-order valence-electron chi connectivity index (χ3n) is 5.32. The molecular weight excluding hydrogens is 300 g/mol. The molecule has 2 amide bonds. The minimum Gasteiger partial charge on any atom is -0.273 e. The minimum atomic E-state index is -0.648. The van der Waals surface area contributed by atoms with E-state index in [1.165, 1.54) is 16.1 Å². The number of fused-ring (bicyclic) bond motifs is 1. The Balaban J connectivity index is 1.72. The second-order valence-corrected chi connectivity index (χ2v) is 7.02. The summed E-state index contributed by atoms with van der Waals surface area (Å²) in [6.45, 7) is 4.04. The number of aryl methyl sites for hydroxylation is 2. The molecule has 24 heavy (non-hydrogen) atoms. The number of hydrogen-bond donors (Lipinski definition) is 1. The van der Waals surface area contributed by atoms with Crippen molar-refractivity contribution in [1.29, 1.82) is 0 Å². The number of anilines is 1. The molecule has 1 N–H and O–H groups in total. The summed E-state index contributed by atoms with van der Waals surface area (Å²) in [6.07, 6.45) is 1.52. The molecule has 1 heterocycles. The Kier molecular flexibility index (Phi) is 3.23. The SMILES string of the molecule is Cc1ccc(N2NC(=O)CC3(Cc4ccccc4C3)C2=O)cc1C. The van der Waals surface area contributed by atoms with Crippen molar-refractivity contribution in [3.63, 3.8) is 0 Å². The first-order valence-corrected chi connectivity index (χ1v) is 8.27. The molecule has 2 aromatic carbocycles. The summed E-state index contributed by atoms with van der Waals surface area (Å²) in [5.74, 6) is -0.109. The molecule has 4 rings (SSSR count). The second-order valence-electron chi connectivity index (χ2n) is 7.02. The first kappa shape index (κ1) is 14.9. The maximum atomic E-state index is 13.3. The molecule has 4 nitrogen and oxygen atoms in total. The van der Waals surface area contributed by atoms with Gasteiger partial charge in [0, 0.05) is 6.42 Å². The third-order valence-corrected chi connectivity index (χ3v) is 5.32. The van der Waals surface area contributed by atoms with Gasteiger partial charge in [0.05, 0.1) is 11.1 Å². The van der Waals surface area contributed by atoms with Gasteiger partial charge in [0.25, 0.3) is 5.91 Å². The van der Waals surface area contributed by atoms with E-state index < -0.39 is 5.41 Å². The summed E-state index contributed by atoms with van der Waals surface area (Å²) in [5, 5.41) is 1.45. The van der Waals surface area contributed by atoms with E-state index >= 15 is 0 Å². The van der Waals surface area contributed by atoms with Gasteiger partial charge in [-0.25, -0.2) is 5.01 Å². The lowest BCUT2D eigenvalue weighted by atomic mass is 9.78. The van der Waals surface area contributed by atoms with Crippen LogP contribution in [0.3, 0.4) is 0 Å². The van der Waals surface area contributed by atoms with Crippen molar-refractivity contribution < 1.29 is 9.59 Å². The van der Waals surface area contributed by atoms with Gasteiger partial charge in [0.1, 0.15) is 0 Å². The smallest absolute Gasteiger partial charge is 0.253 e. The molecule has 1 fully saturated rings. The molecule has 4 heteroatoms. The number of nitrogens with zero attached hydrogens (tertiary/aromatic N) is 1. The zero-order chi connectivity index (χ0) is 16.9. The number of hydrazine groups is 1. The van der Waals surface area contributed by atoms with E-state index in [0.29, 0.717) is 12.8 Å². The van der Waals surface area contributed by atoms with Crippen LogP contribution in [-0.4, -0.2) is 11.8 Å². The highest BCUT2D eigenvalue weighted by Crippen LogP contribution is 2.43. The van der Waals surface area contributed by atoms with E-state index in [9.17, 15) is 9.59 Å². The normalized spacial score (nSPS) is 18.7. The molecule has 1 saturated heterocycles. The molecule has 0 unspecified atom stereocenters. The predicted molar refractivity (Wildman–Crippen MR) is 92.4 cm³/mol. The number of hydrogen-bond acceptors (Lipinski definition) is 2. The highest BCUT2D eigenvalue weighted by atomic mass is 16.2. The fourth-order valence-corrected chi connectivity index (χ4v) is 3.85. The Morgan fingerprint density at radius 3 is 2.21 bits per heavy atom. The van der Waals surface area contributed by atoms with E-state index in [1.807, 2.05) is 44.2 Å². The van der Waals surface area contributed by atoms with Crippen LogP contribution in [0, 0.1) is 19.3 Å². The van der Waals surface area contributed by atoms with Crippen LogP contribution in [0.4, 0.5) is 5.69 Å². The molecule has 1 aliphatic heterocycles. The molecule has 0 radical (unpaired) electrons. The molecule has 2 aliphatic rings. The largest absolute Gasteiger partial charge is 0.273 e. The number of carbonyl (C=O) groups excluding carboxylic acids is 2. The Morgan fingerprint density at radius 1 is 0.917 bits per heavy atom. The van der Waals surface area contributed by atoms with Gasteiger partial charge >= 0.3 is 0 Å². The maximum absolute atomic E-state index is 13.3. The fraction of sp³-hybridized carbons (Fsp3) is 0.300. The average Bonchev–Trinajstić information content (AvgIpc) is 2.92. The van der Waals surface area contributed by atoms with E-state index in [1.54, 1.807) is 0 Å². The number of rotatable bonds is 1. The quantitative estimate of drug-likeness (QED) is 0.878. The monoisotopic (exact) mass is 320 g/mol. The van der Waals surface area contributed by atoms with Crippen molar-refractivity contribution in [2.75, 3.05) is 5.01 Å². The van der Waals surface area contributed by atoms with Gasteiger partial charge in [0.2, 0.25) is 5.91 Å². The van der Waals surface area contributed by atoms with E-state index in [2.05, 4.69) is 17.6 Å². The van der Waals surface area contributed by atoms with Crippen LogP contribution in [0.25, 0.3) is 0 Å². The van der Waals surface area contributed by atoms with Gasteiger partial charge in [-0.1, -0.05) is 30.3 Å². The highest BCUT2D eigenvalue weighted by molar-refractivity contribution is 6.06. The predicted octanol–water partition coefficient (Wildman–Crippen LogP) is 2.86. The van der Waals surface area contributed by atoms with Crippen LogP contribution < -0.4 is 10.4 Å². The standard InChI is InChI=1S/C20H20N2O2/c1-13-7-8-17(9-14(13)2)22-19(24)20(12-18(23)21-22)10-15-5-3-4-6-16(15)11-20/h3-9H,10-12H2,1-2H3,(H,21,23). The second kappa shape index (κ2) is 5.20. The zero-order valence-electron chi connectivity index (χ0n) is 13.9.